The molecule has 1 aromatic heterocycles. The summed E-state index contributed by atoms with van der Waals surface area (Å²) in [5.74, 6) is -0.613. The molecule has 0 saturated heterocycles. The third-order valence-corrected chi connectivity index (χ3v) is 5.17. The summed E-state index contributed by atoms with van der Waals surface area (Å²) in [6.45, 7) is 0.246. The summed E-state index contributed by atoms with van der Waals surface area (Å²) >= 11 is 1.15. The number of hydrogen-bond acceptors (Lipinski definition) is 7. The van der Waals surface area contributed by atoms with E-state index in [1.165, 1.54) is 0 Å². The number of hydrogen-bond donors (Lipinski definition) is 1. The highest BCUT2D eigenvalue weighted by atomic mass is 32.1. The Bertz CT molecular complexity index is 916. The van der Waals surface area contributed by atoms with Crippen molar-refractivity contribution in [1.29, 1.82) is 0 Å². The van der Waals surface area contributed by atoms with Gasteiger partial charge < -0.3 is 10.1 Å². The Morgan fingerprint density at radius 3 is 2.87 bits per heavy atom. The van der Waals surface area contributed by atoms with Crippen molar-refractivity contribution in [1.82, 2.24) is 14.1 Å². The van der Waals surface area contributed by atoms with Crippen LogP contribution >= 0.6 is 11.7 Å². The monoisotopic (exact) mass is 325 g/mol. The second-order valence-electron chi connectivity index (χ2n) is 5.85. The van der Waals surface area contributed by atoms with Gasteiger partial charge in [0.05, 0.1) is 23.0 Å². The van der Waals surface area contributed by atoms with E-state index in [0.717, 1.165) is 39.7 Å². The zero-order chi connectivity index (χ0) is 15.6. The molecule has 1 aliphatic carbocycles. The summed E-state index contributed by atoms with van der Waals surface area (Å²) in [4.78, 5) is 24.6. The van der Waals surface area contributed by atoms with Crippen LogP contribution in [-0.2, 0) is 14.3 Å². The highest BCUT2D eigenvalue weighted by Gasteiger charge is 2.43. The molecule has 0 bridgehead atoms. The van der Waals surface area contributed by atoms with Gasteiger partial charge >= 0.3 is 5.97 Å². The van der Waals surface area contributed by atoms with Crippen LogP contribution in [0.15, 0.2) is 40.7 Å². The number of benzene rings is 1. The minimum Gasteiger partial charge on any atom is -0.456 e. The molecule has 2 aromatic rings. The number of carbonyl (C=O) groups is 2. The van der Waals surface area contributed by atoms with Crippen LogP contribution < -0.4 is 5.32 Å². The number of dihydropyridines is 1. The van der Waals surface area contributed by atoms with Gasteiger partial charge in [0.15, 0.2) is 5.78 Å². The number of nitrogens with one attached hydrogen (secondary N) is 1. The molecule has 0 radical (unpaired) electrons. The van der Waals surface area contributed by atoms with E-state index < -0.39 is 0 Å². The second kappa shape index (κ2) is 4.48. The zero-order valence-corrected chi connectivity index (χ0v) is 12.8. The van der Waals surface area contributed by atoms with Crippen LogP contribution in [0.3, 0.4) is 0 Å². The molecule has 2 aliphatic heterocycles. The average molecular weight is 325 g/mol. The van der Waals surface area contributed by atoms with E-state index in [4.69, 9.17) is 4.74 Å². The number of fused-ring (bicyclic) bond motifs is 1. The maximum Gasteiger partial charge on any atom is 0.337 e. The molecule has 6 nitrogen and oxygen atoms in total. The molecule has 1 N–H and O–H groups in total. The van der Waals surface area contributed by atoms with Gasteiger partial charge in [0.2, 0.25) is 0 Å². The lowest BCUT2D eigenvalue weighted by molar-refractivity contribution is -0.136. The number of carbonyl (C=O) groups excluding carboxylic acids is 2. The van der Waals surface area contributed by atoms with Gasteiger partial charge in [0, 0.05) is 23.6 Å². The molecule has 114 valence electrons. The fraction of sp³-hybridized carbons (Fsp3) is 0.250. The Morgan fingerprint density at radius 1 is 1.09 bits per heavy atom. The van der Waals surface area contributed by atoms with Gasteiger partial charge in [0.1, 0.15) is 17.6 Å². The summed E-state index contributed by atoms with van der Waals surface area (Å²) in [7, 11) is 0. The standard InChI is InChI=1S/C16H11N3O3S/c20-12-4-3-9-14(12)13(15-11(17-9)6-22-16(15)21)7-1-2-8-10(5-7)19-23-18-8/h1-2,5,13,17H,3-4,6H2. The topological polar surface area (TPSA) is 81.2 Å². The molecule has 0 fully saturated rings. The Labute approximate surface area is 135 Å². The van der Waals surface area contributed by atoms with Crippen molar-refractivity contribution in [2.45, 2.75) is 18.8 Å². The Balaban J connectivity index is 1.73. The molecule has 3 heterocycles. The molecule has 3 aliphatic rings. The normalized spacial score (nSPS) is 23.2. The van der Waals surface area contributed by atoms with E-state index in [1.54, 1.807) is 0 Å². The van der Waals surface area contributed by atoms with Gasteiger partial charge in [0.25, 0.3) is 0 Å². The van der Waals surface area contributed by atoms with Crippen LogP contribution in [0, 0.1) is 0 Å². The molecule has 1 unspecified atom stereocenters. The summed E-state index contributed by atoms with van der Waals surface area (Å²) in [6.07, 6.45) is 1.18. The molecule has 7 heteroatoms. The molecule has 0 saturated carbocycles. The van der Waals surface area contributed by atoms with Gasteiger partial charge in [-0.2, -0.15) is 8.75 Å². The second-order valence-corrected chi connectivity index (χ2v) is 6.38. The zero-order valence-electron chi connectivity index (χ0n) is 12.0. The average Bonchev–Trinajstić information content (AvgIpc) is 3.25. The van der Waals surface area contributed by atoms with Crippen LogP contribution in [0.1, 0.15) is 24.3 Å². The van der Waals surface area contributed by atoms with Gasteiger partial charge in [-0.05, 0) is 24.1 Å². The van der Waals surface area contributed by atoms with Gasteiger partial charge in [-0.25, -0.2) is 4.79 Å². The Morgan fingerprint density at radius 2 is 1.96 bits per heavy atom. The van der Waals surface area contributed by atoms with Gasteiger partial charge in [-0.1, -0.05) is 6.07 Å². The first kappa shape index (κ1) is 13.0. The van der Waals surface area contributed by atoms with E-state index in [1.807, 2.05) is 18.2 Å². The largest absolute Gasteiger partial charge is 0.456 e. The first-order chi connectivity index (χ1) is 11.2. The number of esters is 1. The van der Waals surface area contributed by atoms with Crippen LogP contribution in [0.4, 0.5) is 0 Å². The lowest BCUT2D eigenvalue weighted by Crippen LogP contribution is -2.26. The minimum absolute atomic E-state index is 0.0975. The number of rotatable bonds is 1. The number of ether oxygens (including phenoxy) is 1. The molecule has 23 heavy (non-hydrogen) atoms. The van der Waals surface area contributed by atoms with E-state index >= 15 is 0 Å². The van der Waals surface area contributed by atoms with E-state index in [0.29, 0.717) is 24.0 Å². The van der Waals surface area contributed by atoms with Crippen molar-refractivity contribution >= 4 is 34.5 Å². The molecular weight excluding hydrogens is 314 g/mol. The van der Waals surface area contributed by atoms with Crippen molar-refractivity contribution in [2.24, 2.45) is 0 Å². The highest BCUT2D eigenvalue weighted by molar-refractivity contribution is 7.00. The Hall–Kier alpha value is -2.54. The van der Waals surface area contributed by atoms with Crippen molar-refractivity contribution in [2.75, 3.05) is 6.61 Å². The van der Waals surface area contributed by atoms with Gasteiger partial charge in [-0.15, -0.1) is 0 Å². The number of ketones is 1. The number of cyclic esters (lactones) is 1. The number of nitrogens with zero attached hydrogens (tertiary/aromatic N) is 2. The van der Waals surface area contributed by atoms with E-state index in [9.17, 15) is 9.59 Å². The third-order valence-electron chi connectivity index (χ3n) is 4.61. The number of Topliss-reactive ketones (excluding diaryl/α,β-unsaturated/α-hetero) is 1. The van der Waals surface area contributed by atoms with Crippen LogP contribution in [0.25, 0.3) is 11.0 Å². The smallest absolute Gasteiger partial charge is 0.337 e. The van der Waals surface area contributed by atoms with E-state index in [2.05, 4.69) is 14.1 Å². The Kier molecular flexibility index (Phi) is 2.52. The van der Waals surface area contributed by atoms with Crippen molar-refractivity contribution < 1.29 is 14.3 Å². The van der Waals surface area contributed by atoms with Crippen molar-refractivity contribution in [3.8, 4) is 0 Å². The molecule has 1 aromatic carbocycles. The van der Waals surface area contributed by atoms with Crippen LogP contribution in [0.5, 0.6) is 0 Å². The quantitative estimate of drug-likeness (QED) is 0.805. The lowest BCUT2D eigenvalue weighted by Gasteiger charge is -2.25. The molecule has 5 rings (SSSR count). The summed E-state index contributed by atoms with van der Waals surface area (Å²) < 4.78 is 13.7. The van der Waals surface area contributed by atoms with Gasteiger partial charge in [-0.3, -0.25) is 4.79 Å². The van der Waals surface area contributed by atoms with Crippen LogP contribution in [-0.4, -0.2) is 27.1 Å². The summed E-state index contributed by atoms with van der Waals surface area (Å²) in [5, 5.41) is 3.24. The summed E-state index contributed by atoms with van der Waals surface area (Å²) in [5.41, 5.74) is 5.46. The SMILES string of the molecule is O=C1CCC2=C1C(c1ccc3nsnc3c1)C1=C(COC1=O)N2. The number of aromatic nitrogens is 2. The maximum atomic E-state index is 12.4. The predicted octanol–water partition coefficient (Wildman–Crippen LogP) is 1.81. The first-order valence-electron chi connectivity index (χ1n) is 7.38. The molecule has 0 amide bonds. The highest BCUT2D eigenvalue weighted by Crippen LogP contribution is 2.45. The van der Waals surface area contributed by atoms with E-state index in [-0.39, 0.29) is 24.3 Å². The molecule has 0 spiro atoms. The molecule has 1 atom stereocenters. The predicted molar refractivity (Wildman–Crippen MR) is 82.5 cm³/mol. The third kappa shape index (κ3) is 1.74. The summed E-state index contributed by atoms with van der Waals surface area (Å²) in [6, 6.07) is 5.73. The minimum atomic E-state index is -0.364. The lowest BCUT2D eigenvalue weighted by atomic mass is 9.81. The van der Waals surface area contributed by atoms with Crippen molar-refractivity contribution in [3.05, 3.63) is 46.3 Å². The van der Waals surface area contributed by atoms with Crippen molar-refractivity contribution in [3.63, 3.8) is 0 Å². The number of allylic oxidation sites excluding steroid dienone is 2. The molecular formula is C16H11N3O3S. The fourth-order valence-electron chi connectivity index (χ4n) is 3.59. The first-order valence-corrected chi connectivity index (χ1v) is 8.11. The maximum absolute atomic E-state index is 12.4. The fourth-order valence-corrected chi connectivity index (χ4v) is 4.11. The van der Waals surface area contributed by atoms with Crippen LogP contribution in [0.2, 0.25) is 0 Å².